The largest absolute Gasteiger partial charge is 0.497 e. The molecule has 4 rings (SSSR count). The number of amides is 1. The number of halogens is 2. The van der Waals surface area contributed by atoms with E-state index in [1.54, 1.807) is 18.4 Å². The van der Waals surface area contributed by atoms with Gasteiger partial charge in [0.2, 0.25) is 5.91 Å². The Balaban J connectivity index is 1.35. The standard InChI is InChI=1S/C21H21F2N3O2S/c1-28-14-5-6-18-19(11-14)29-21(25-18)26-9-7-13(8-10-26)20(27)24-12-15-16(22)3-2-4-17(15)23/h2-6,11,13H,7-10,12H2,1H3,(H,24,27). The Hall–Kier alpha value is -2.74. The van der Waals surface area contributed by atoms with Crippen molar-refractivity contribution < 1.29 is 18.3 Å². The minimum atomic E-state index is -0.646. The smallest absolute Gasteiger partial charge is 0.223 e. The predicted octanol–water partition coefficient (Wildman–Crippen LogP) is 4.12. The average Bonchev–Trinajstić information content (AvgIpc) is 3.16. The maximum absolute atomic E-state index is 13.7. The number of thiazole rings is 1. The molecule has 8 heteroatoms. The highest BCUT2D eigenvalue weighted by molar-refractivity contribution is 7.22. The third-order valence-corrected chi connectivity index (χ3v) is 6.30. The molecular weight excluding hydrogens is 396 g/mol. The first-order valence-corrected chi connectivity index (χ1v) is 10.3. The van der Waals surface area contributed by atoms with Crippen molar-refractivity contribution >= 4 is 32.6 Å². The van der Waals surface area contributed by atoms with E-state index < -0.39 is 11.6 Å². The molecule has 0 saturated carbocycles. The molecule has 0 bridgehead atoms. The van der Waals surface area contributed by atoms with Crippen molar-refractivity contribution in [1.29, 1.82) is 0 Å². The zero-order valence-electron chi connectivity index (χ0n) is 16.0. The molecule has 5 nitrogen and oxygen atoms in total. The molecule has 3 aromatic rings. The molecule has 1 aliphatic heterocycles. The van der Waals surface area contributed by atoms with E-state index in [0.717, 1.165) is 21.1 Å². The van der Waals surface area contributed by atoms with Crippen LogP contribution in [0.25, 0.3) is 10.2 Å². The van der Waals surface area contributed by atoms with Crippen LogP contribution in [0.5, 0.6) is 5.75 Å². The molecule has 0 spiro atoms. The highest BCUT2D eigenvalue weighted by atomic mass is 32.1. The lowest BCUT2D eigenvalue weighted by Gasteiger charge is -2.31. The summed E-state index contributed by atoms with van der Waals surface area (Å²) in [4.78, 5) is 19.3. The molecule has 1 saturated heterocycles. The maximum atomic E-state index is 13.7. The molecule has 1 aliphatic rings. The number of carbonyl (C=O) groups excluding carboxylic acids is 1. The molecule has 2 aromatic carbocycles. The highest BCUT2D eigenvalue weighted by Gasteiger charge is 2.26. The molecule has 1 amide bonds. The van der Waals surface area contributed by atoms with E-state index in [-0.39, 0.29) is 23.9 Å². The van der Waals surface area contributed by atoms with Crippen LogP contribution in [0.2, 0.25) is 0 Å². The summed E-state index contributed by atoms with van der Waals surface area (Å²) in [6.45, 7) is 1.28. The molecule has 1 fully saturated rings. The quantitative estimate of drug-likeness (QED) is 0.679. The van der Waals surface area contributed by atoms with Gasteiger partial charge >= 0.3 is 0 Å². The Labute approximate surface area is 171 Å². The van der Waals surface area contributed by atoms with Crippen molar-refractivity contribution in [3.8, 4) is 5.75 Å². The molecule has 152 valence electrons. The van der Waals surface area contributed by atoms with Gasteiger partial charge in [-0.1, -0.05) is 17.4 Å². The van der Waals surface area contributed by atoms with E-state index in [1.165, 1.54) is 18.2 Å². The number of benzene rings is 2. The first kappa shape index (κ1) is 19.6. The second kappa shape index (κ2) is 8.32. The average molecular weight is 417 g/mol. The number of hydrogen-bond acceptors (Lipinski definition) is 5. The third-order valence-electron chi connectivity index (χ3n) is 5.22. The van der Waals surface area contributed by atoms with Crippen LogP contribution in [0.4, 0.5) is 13.9 Å². The summed E-state index contributed by atoms with van der Waals surface area (Å²) < 4.78 is 33.7. The second-order valence-corrected chi connectivity index (χ2v) is 8.02. The summed E-state index contributed by atoms with van der Waals surface area (Å²) in [6.07, 6.45) is 1.34. The lowest BCUT2D eigenvalue weighted by atomic mass is 9.96. The van der Waals surface area contributed by atoms with Gasteiger partial charge in [0.05, 0.1) is 17.3 Å². The number of nitrogens with zero attached hydrogens (tertiary/aromatic N) is 2. The summed E-state index contributed by atoms with van der Waals surface area (Å²) in [7, 11) is 1.64. The van der Waals surface area contributed by atoms with Crippen molar-refractivity contribution in [3.63, 3.8) is 0 Å². The highest BCUT2D eigenvalue weighted by Crippen LogP contribution is 2.33. The fourth-order valence-corrected chi connectivity index (χ4v) is 4.55. The van der Waals surface area contributed by atoms with Crippen LogP contribution in [0.1, 0.15) is 18.4 Å². The van der Waals surface area contributed by atoms with E-state index in [0.29, 0.717) is 25.9 Å². The van der Waals surface area contributed by atoms with E-state index in [9.17, 15) is 13.6 Å². The minimum absolute atomic E-state index is 0.108. The summed E-state index contributed by atoms with van der Waals surface area (Å²) in [5, 5.41) is 3.61. The van der Waals surface area contributed by atoms with Gasteiger partial charge in [-0.2, -0.15) is 0 Å². The Kier molecular flexibility index (Phi) is 5.62. The van der Waals surface area contributed by atoms with Gasteiger partial charge in [0.15, 0.2) is 5.13 Å². The van der Waals surface area contributed by atoms with Crippen LogP contribution in [0.3, 0.4) is 0 Å². The number of hydrogen-bond donors (Lipinski definition) is 1. The Morgan fingerprint density at radius 2 is 1.97 bits per heavy atom. The number of aromatic nitrogens is 1. The second-order valence-electron chi connectivity index (χ2n) is 7.01. The van der Waals surface area contributed by atoms with Crippen molar-refractivity contribution in [2.45, 2.75) is 19.4 Å². The fraction of sp³-hybridized carbons (Fsp3) is 0.333. The van der Waals surface area contributed by atoms with Crippen molar-refractivity contribution in [2.75, 3.05) is 25.1 Å². The number of anilines is 1. The van der Waals surface area contributed by atoms with E-state index in [4.69, 9.17) is 4.74 Å². The topological polar surface area (TPSA) is 54.5 Å². The van der Waals surface area contributed by atoms with E-state index in [2.05, 4.69) is 15.2 Å². The molecule has 0 radical (unpaired) electrons. The number of rotatable bonds is 5. The Morgan fingerprint density at radius 1 is 1.24 bits per heavy atom. The van der Waals surface area contributed by atoms with Crippen molar-refractivity contribution in [2.24, 2.45) is 5.92 Å². The molecule has 0 unspecified atom stereocenters. The Bertz CT molecular complexity index is 1010. The van der Waals surface area contributed by atoms with Crippen LogP contribution < -0.4 is 15.0 Å². The number of fused-ring (bicyclic) bond motifs is 1. The summed E-state index contributed by atoms with van der Waals surface area (Å²) in [6, 6.07) is 9.49. The first-order valence-electron chi connectivity index (χ1n) is 9.45. The molecule has 0 atom stereocenters. The van der Waals surface area contributed by atoms with Gasteiger partial charge in [-0.3, -0.25) is 4.79 Å². The van der Waals surface area contributed by atoms with Gasteiger partial charge in [0.25, 0.3) is 0 Å². The van der Waals surface area contributed by atoms with Gasteiger partial charge in [-0.15, -0.1) is 0 Å². The van der Waals surface area contributed by atoms with Gasteiger partial charge < -0.3 is 15.0 Å². The van der Waals surface area contributed by atoms with Crippen LogP contribution in [0.15, 0.2) is 36.4 Å². The SMILES string of the molecule is COc1ccc2nc(N3CCC(C(=O)NCc4c(F)cccc4F)CC3)sc2c1. The third kappa shape index (κ3) is 4.17. The van der Waals surface area contributed by atoms with Crippen LogP contribution in [-0.4, -0.2) is 31.1 Å². The van der Waals surface area contributed by atoms with Crippen molar-refractivity contribution in [3.05, 3.63) is 53.6 Å². The molecular formula is C21H21F2N3O2S. The van der Waals surface area contributed by atoms with Gasteiger partial charge in [-0.05, 0) is 43.2 Å². The fourth-order valence-electron chi connectivity index (χ4n) is 3.51. The van der Waals surface area contributed by atoms with Crippen LogP contribution >= 0.6 is 11.3 Å². The molecule has 1 aromatic heterocycles. The zero-order valence-corrected chi connectivity index (χ0v) is 16.8. The number of piperidine rings is 1. The Morgan fingerprint density at radius 3 is 2.66 bits per heavy atom. The van der Waals surface area contributed by atoms with Crippen molar-refractivity contribution in [1.82, 2.24) is 10.3 Å². The van der Waals surface area contributed by atoms with E-state index >= 15 is 0 Å². The summed E-state index contributed by atoms with van der Waals surface area (Å²) in [5.74, 6) is -0.827. The monoisotopic (exact) mass is 417 g/mol. The molecule has 0 aliphatic carbocycles. The molecule has 2 heterocycles. The maximum Gasteiger partial charge on any atom is 0.223 e. The molecule has 29 heavy (non-hydrogen) atoms. The predicted molar refractivity (Wildman–Crippen MR) is 109 cm³/mol. The lowest BCUT2D eigenvalue weighted by Crippen LogP contribution is -2.40. The van der Waals surface area contributed by atoms with Gasteiger partial charge in [0, 0.05) is 31.1 Å². The zero-order chi connectivity index (χ0) is 20.4. The molecule has 1 N–H and O–H groups in total. The minimum Gasteiger partial charge on any atom is -0.497 e. The summed E-state index contributed by atoms with van der Waals surface area (Å²) in [5.41, 5.74) is 0.820. The number of nitrogens with one attached hydrogen (secondary N) is 1. The van der Waals surface area contributed by atoms with Crippen LogP contribution in [-0.2, 0) is 11.3 Å². The lowest BCUT2D eigenvalue weighted by molar-refractivity contribution is -0.125. The van der Waals surface area contributed by atoms with Crippen LogP contribution in [0, 0.1) is 17.6 Å². The number of carbonyl (C=O) groups is 1. The first-order chi connectivity index (χ1) is 14.0. The number of methoxy groups -OCH3 is 1. The van der Waals surface area contributed by atoms with Gasteiger partial charge in [0.1, 0.15) is 17.4 Å². The normalized spacial score (nSPS) is 14.9. The van der Waals surface area contributed by atoms with E-state index in [1.807, 2.05) is 18.2 Å². The van der Waals surface area contributed by atoms with Gasteiger partial charge in [-0.25, -0.2) is 13.8 Å². The summed E-state index contributed by atoms with van der Waals surface area (Å²) >= 11 is 1.60. The number of ether oxygens (including phenoxy) is 1.